The van der Waals surface area contributed by atoms with Crippen LogP contribution in [0.2, 0.25) is 5.02 Å². The fourth-order valence-electron chi connectivity index (χ4n) is 1.90. The third-order valence-corrected chi connectivity index (χ3v) is 3.30. The van der Waals surface area contributed by atoms with Gasteiger partial charge in [-0.3, -0.25) is 4.79 Å². The monoisotopic (exact) mass is 308 g/mol. The molecule has 0 spiro atoms. The average molecular weight is 309 g/mol. The number of nitrogens with zero attached hydrogens (tertiary/aromatic N) is 1. The third-order valence-electron chi connectivity index (χ3n) is 2.98. The van der Waals surface area contributed by atoms with E-state index in [1.165, 1.54) is 0 Å². The SMILES string of the molecule is CC(C)N(CCCO)C(=O)c1ccc(C#CCN)c(Cl)c1. The van der Waals surface area contributed by atoms with Crippen LogP contribution in [0.25, 0.3) is 0 Å². The first kappa shape index (κ1) is 17.5. The van der Waals surface area contributed by atoms with Gasteiger partial charge in [0.2, 0.25) is 0 Å². The van der Waals surface area contributed by atoms with Crippen LogP contribution in [0.4, 0.5) is 0 Å². The van der Waals surface area contributed by atoms with E-state index in [9.17, 15) is 4.79 Å². The second kappa shape index (κ2) is 8.68. The van der Waals surface area contributed by atoms with Crippen molar-refractivity contribution in [2.45, 2.75) is 26.3 Å². The number of amides is 1. The van der Waals surface area contributed by atoms with Crippen LogP contribution in [0, 0.1) is 11.8 Å². The Hall–Kier alpha value is -1.54. The minimum Gasteiger partial charge on any atom is -0.396 e. The summed E-state index contributed by atoms with van der Waals surface area (Å²) in [5.74, 6) is 5.49. The number of hydrogen-bond donors (Lipinski definition) is 2. The number of carbonyl (C=O) groups excluding carboxylic acids is 1. The van der Waals surface area contributed by atoms with Gasteiger partial charge in [0.15, 0.2) is 0 Å². The number of carbonyl (C=O) groups is 1. The molecule has 0 heterocycles. The molecule has 0 radical (unpaired) electrons. The van der Waals surface area contributed by atoms with Crippen molar-refractivity contribution in [3.63, 3.8) is 0 Å². The molecule has 3 N–H and O–H groups in total. The van der Waals surface area contributed by atoms with Gasteiger partial charge in [-0.15, -0.1) is 0 Å². The minimum absolute atomic E-state index is 0.0551. The Kier molecular flexibility index (Phi) is 7.24. The van der Waals surface area contributed by atoms with Gasteiger partial charge in [0.05, 0.1) is 11.6 Å². The quantitative estimate of drug-likeness (QED) is 0.816. The molecule has 0 aliphatic rings. The van der Waals surface area contributed by atoms with Crippen molar-refractivity contribution in [2.75, 3.05) is 19.7 Å². The van der Waals surface area contributed by atoms with E-state index >= 15 is 0 Å². The smallest absolute Gasteiger partial charge is 0.254 e. The average Bonchev–Trinajstić information content (AvgIpc) is 2.45. The van der Waals surface area contributed by atoms with Crippen molar-refractivity contribution >= 4 is 17.5 Å². The van der Waals surface area contributed by atoms with E-state index in [2.05, 4.69) is 11.8 Å². The van der Waals surface area contributed by atoms with Crippen LogP contribution in [-0.4, -0.2) is 41.7 Å². The van der Waals surface area contributed by atoms with E-state index in [0.717, 1.165) is 0 Å². The molecule has 1 aromatic rings. The van der Waals surface area contributed by atoms with Crippen molar-refractivity contribution in [2.24, 2.45) is 5.73 Å². The van der Waals surface area contributed by atoms with E-state index in [1.54, 1.807) is 23.1 Å². The van der Waals surface area contributed by atoms with Crippen LogP contribution in [0.5, 0.6) is 0 Å². The van der Waals surface area contributed by atoms with Crippen molar-refractivity contribution in [1.29, 1.82) is 0 Å². The standard InChI is InChI=1S/C16H21ClN2O2/c1-12(2)19(9-4-10-20)16(21)14-7-6-13(5-3-8-18)15(17)11-14/h6-7,11-12,20H,4,8-10,18H2,1-2H3. The van der Waals surface area contributed by atoms with E-state index in [-0.39, 0.29) is 25.1 Å². The first-order chi connectivity index (χ1) is 10.0. The van der Waals surface area contributed by atoms with Gasteiger partial charge < -0.3 is 15.7 Å². The molecule has 0 saturated carbocycles. The first-order valence-corrected chi connectivity index (χ1v) is 7.29. The molecule has 21 heavy (non-hydrogen) atoms. The second-order valence-electron chi connectivity index (χ2n) is 4.87. The lowest BCUT2D eigenvalue weighted by Gasteiger charge is -2.26. The summed E-state index contributed by atoms with van der Waals surface area (Å²) in [6.07, 6.45) is 0.553. The first-order valence-electron chi connectivity index (χ1n) is 6.91. The molecular formula is C16H21ClN2O2. The lowest BCUT2D eigenvalue weighted by Crippen LogP contribution is -2.38. The van der Waals surface area contributed by atoms with Gasteiger partial charge >= 0.3 is 0 Å². The topological polar surface area (TPSA) is 66.6 Å². The molecule has 0 atom stereocenters. The maximum Gasteiger partial charge on any atom is 0.254 e. The highest BCUT2D eigenvalue weighted by Crippen LogP contribution is 2.19. The largest absolute Gasteiger partial charge is 0.396 e. The number of benzene rings is 1. The molecule has 0 bridgehead atoms. The Bertz CT molecular complexity index is 547. The van der Waals surface area contributed by atoms with Crippen LogP contribution >= 0.6 is 11.6 Å². The summed E-state index contributed by atoms with van der Waals surface area (Å²) < 4.78 is 0. The van der Waals surface area contributed by atoms with Gasteiger partial charge in [-0.25, -0.2) is 0 Å². The maximum atomic E-state index is 12.5. The number of rotatable bonds is 5. The lowest BCUT2D eigenvalue weighted by molar-refractivity contribution is 0.0693. The van der Waals surface area contributed by atoms with Crippen LogP contribution < -0.4 is 5.73 Å². The summed E-state index contributed by atoms with van der Waals surface area (Å²) in [5.41, 5.74) is 6.50. The zero-order valence-corrected chi connectivity index (χ0v) is 13.2. The molecule has 5 heteroatoms. The summed E-state index contributed by atoms with van der Waals surface area (Å²) >= 11 is 6.14. The molecular weight excluding hydrogens is 288 g/mol. The Balaban J connectivity index is 2.98. The Morgan fingerprint density at radius 2 is 2.19 bits per heavy atom. The highest BCUT2D eigenvalue weighted by molar-refractivity contribution is 6.32. The summed E-state index contributed by atoms with van der Waals surface area (Å²) in [4.78, 5) is 14.2. The molecule has 0 aliphatic carbocycles. The Labute approximate surface area is 130 Å². The number of aliphatic hydroxyl groups is 1. The molecule has 0 aliphatic heterocycles. The molecule has 0 aromatic heterocycles. The van der Waals surface area contributed by atoms with Crippen molar-refractivity contribution in [3.8, 4) is 11.8 Å². The molecule has 0 saturated heterocycles. The highest BCUT2D eigenvalue weighted by atomic mass is 35.5. The fourth-order valence-corrected chi connectivity index (χ4v) is 2.12. The summed E-state index contributed by atoms with van der Waals surface area (Å²) in [6.45, 7) is 4.72. The van der Waals surface area contributed by atoms with Crippen LogP contribution in [-0.2, 0) is 0 Å². The normalized spacial score (nSPS) is 10.2. The van der Waals surface area contributed by atoms with Crippen molar-refractivity contribution in [1.82, 2.24) is 4.90 Å². The molecule has 1 amide bonds. The van der Waals surface area contributed by atoms with Gasteiger partial charge in [0, 0.05) is 30.3 Å². The van der Waals surface area contributed by atoms with Gasteiger partial charge in [-0.2, -0.15) is 0 Å². The molecule has 4 nitrogen and oxygen atoms in total. The lowest BCUT2D eigenvalue weighted by atomic mass is 10.1. The van der Waals surface area contributed by atoms with Gasteiger partial charge in [0.1, 0.15) is 0 Å². The van der Waals surface area contributed by atoms with Gasteiger partial charge in [-0.1, -0.05) is 23.4 Å². The Morgan fingerprint density at radius 1 is 1.48 bits per heavy atom. The van der Waals surface area contributed by atoms with Crippen molar-refractivity contribution in [3.05, 3.63) is 34.3 Å². The van der Waals surface area contributed by atoms with Crippen LogP contribution in [0.1, 0.15) is 36.2 Å². The van der Waals surface area contributed by atoms with E-state index in [0.29, 0.717) is 29.1 Å². The predicted molar refractivity (Wildman–Crippen MR) is 85.3 cm³/mol. The van der Waals surface area contributed by atoms with E-state index in [4.69, 9.17) is 22.4 Å². The van der Waals surface area contributed by atoms with Crippen LogP contribution in [0.3, 0.4) is 0 Å². The number of halogens is 1. The Morgan fingerprint density at radius 3 is 2.71 bits per heavy atom. The molecule has 1 rings (SSSR count). The molecule has 114 valence electrons. The highest BCUT2D eigenvalue weighted by Gasteiger charge is 2.18. The van der Waals surface area contributed by atoms with E-state index in [1.807, 2.05) is 13.8 Å². The molecule has 0 fully saturated rings. The number of nitrogens with two attached hydrogens (primary N) is 1. The minimum atomic E-state index is -0.0984. The number of hydrogen-bond acceptors (Lipinski definition) is 3. The molecule has 1 aromatic carbocycles. The second-order valence-corrected chi connectivity index (χ2v) is 5.28. The van der Waals surface area contributed by atoms with Gasteiger partial charge in [-0.05, 0) is 38.5 Å². The van der Waals surface area contributed by atoms with Crippen LogP contribution in [0.15, 0.2) is 18.2 Å². The third kappa shape index (κ3) is 5.05. The summed E-state index contributed by atoms with van der Waals surface area (Å²) in [7, 11) is 0. The zero-order chi connectivity index (χ0) is 15.8. The fraction of sp³-hybridized carbons (Fsp3) is 0.438. The summed E-state index contributed by atoms with van der Waals surface area (Å²) in [5, 5.41) is 9.37. The maximum absolute atomic E-state index is 12.5. The van der Waals surface area contributed by atoms with Gasteiger partial charge in [0.25, 0.3) is 5.91 Å². The summed E-state index contributed by atoms with van der Waals surface area (Å²) in [6, 6.07) is 5.12. The zero-order valence-electron chi connectivity index (χ0n) is 12.4. The molecule has 0 unspecified atom stereocenters. The predicted octanol–water partition coefficient (Wildman–Crippen LogP) is 1.88. The number of aliphatic hydroxyl groups excluding tert-OH is 1. The van der Waals surface area contributed by atoms with E-state index < -0.39 is 0 Å². The van der Waals surface area contributed by atoms with Crippen molar-refractivity contribution < 1.29 is 9.90 Å².